The third kappa shape index (κ3) is 2.54. The van der Waals surface area contributed by atoms with E-state index in [1.165, 1.54) is 0 Å². The number of alkyl halides is 1. The summed E-state index contributed by atoms with van der Waals surface area (Å²) in [5.74, 6) is 1.86. The van der Waals surface area contributed by atoms with E-state index in [-0.39, 0.29) is 0 Å². The minimum absolute atomic E-state index is 0.350. The van der Waals surface area contributed by atoms with Gasteiger partial charge in [-0.25, -0.2) is 4.98 Å². The highest BCUT2D eigenvalue weighted by Gasteiger charge is 2.28. The molecule has 0 N–H and O–H groups in total. The average Bonchev–Trinajstić information content (AvgIpc) is 3.03. The Morgan fingerprint density at radius 3 is 3.05 bits per heavy atom. The lowest BCUT2D eigenvalue weighted by atomic mass is 9.99. The molecule has 1 aromatic heterocycles. The summed E-state index contributed by atoms with van der Waals surface area (Å²) in [6.07, 6.45) is 2.51. The van der Waals surface area contributed by atoms with Crippen LogP contribution in [0.4, 0.5) is 0 Å². The van der Waals surface area contributed by atoms with Crippen molar-refractivity contribution in [2.24, 2.45) is 5.92 Å². The molecular formula is C15H18Cl2N2O. The van der Waals surface area contributed by atoms with Crippen molar-refractivity contribution in [3.8, 4) is 0 Å². The van der Waals surface area contributed by atoms with Crippen molar-refractivity contribution in [3.05, 3.63) is 29.0 Å². The van der Waals surface area contributed by atoms with Gasteiger partial charge in [-0.15, -0.1) is 11.6 Å². The Kier molecular flexibility index (Phi) is 4.20. The summed E-state index contributed by atoms with van der Waals surface area (Å²) in [4.78, 5) is 4.59. The summed E-state index contributed by atoms with van der Waals surface area (Å²) in [6.45, 7) is 3.95. The monoisotopic (exact) mass is 312 g/mol. The van der Waals surface area contributed by atoms with Crippen molar-refractivity contribution in [2.75, 3.05) is 6.61 Å². The second-order valence-corrected chi connectivity index (χ2v) is 5.98. The maximum Gasteiger partial charge on any atom is 0.124 e. The standard InChI is InChI=1S/C15H18Cl2N2O/c1-2-14-10(5-6-20-14)9-19-13-4-3-11(17)7-12(13)18-15(19)8-16/h3-4,7,10,14H,2,5-6,8-9H2,1H3. The first-order chi connectivity index (χ1) is 9.72. The van der Waals surface area contributed by atoms with Gasteiger partial charge in [-0.2, -0.15) is 0 Å². The normalized spacial score (nSPS) is 22.8. The SMILES string of the molecule is CCC1OCCC1Cn1c(CCl)nc2cc(Cl)ccc21. The highest BCUT2D eigenvalue weighted by atomic mass is 35.5. The molecule has 0 bridgehead atoms. The summed E-state index contributed by atoms with van der Waals surface area (Å²) in [6, 6.07) is 5.83. The van der Waals surface area contributed by atoms with Crippen LogP contribution in [0.5, 0.6) is 0 Å². The number of hydrogen-bond acceptors (Lipinski definition) is 2. The van der Waals surface area contributed by atoms with E-state index in [4.69, 9.17) is 27.9 Å². The number of rotatable bonds is 4. The van der Waals surface area contributed by atoms with E-state index >= 15 is 0 Å². The van der Waals surface area contributed by atoms with Crippen LogP contribution >= 0.6 is 23.2 Å². The average molecular weight is 313 g/mol. The zero-order chi connectivity index (χ0) is 14.1. The number of fused-ring (bicyclic) bond motifs is 1. The predicted octanol–water partition coefficient (Wildman–Crippen LogP) is 4.24. The third-order valence-corrected chi connectivity index (χ3v) is 4.55. The van der Waals surface area contributed by atoms with E-state index in [9.17, 15) is 0 Å². The van der Waals surface area contributed by atoms with Crippen LogP contribution in [0.25, 0.3) is 11.0 Å². The lowest BCUT2D eigenvalue weighted by Gasteiger charge is -2.19. The number of nitrogens with zero attached hydrogens (tertiary/aromatic N) is 2. The molecule has 0 amide bonds. The van der Waals surface area contributed by atoms with Crippen LogP contribution in [0, 0.1) is 5.92 Å². The third-order valence-electron chi connectivity index (χ3n) is 4.07. The molecule has 108 valence electrons. The number of aromatic nitrogens is 2. The highest BCUT2D eigenvalue weighted by Crippen LogP contribution is 2.28. The van der Waals surface area contributed by atoms with Crippen LogP contribution in [-0.4, -0.2) is 22.3 Å². The molecule has 20 heavy (non-hydrogen) atoms. The molecule has 2 aromatic rings. The van der Waals surface area contributed by atoms with Crippen molar-refractivity contribution in [2.45, 2.75) is 38.3 Å². The molecule has 3 rings (SSSR count). The molecule has 0 aliphatic carbocycles. The van der Waals surface area contributed by atoms with Crippen molar-refractivity contribution in [1.82, 2.24) is 9.55 Å². The maximum absolute atomic E-state index is 6.05. The second kappa shape index (κ2) is 5.92. The van der Waals surface area contributed by atoms with Gasteiger partial charge in [-0.05, 0) is 31.0 Å². The molecule has 1 aromatic carbocycles. The number of benzene rings is 1. The topological polar surface area (TPSA) is 27.1 Å². The first-order valence-electron chi connectivity index (χ1n) is 7.05. The van der Waals surface area contributed by atoms with E-state index in [0.29, 0.717) is 22.9 Å². The molecule has 3 nitrogen and oxygen atoms in total. The Balaban J connectivity index is 1.97. The molecule has 1 aliphatic heterocycles. The fourth-order valence-corrected chi connectivity index (χ4v) is 3.42. The Bertz CT molecular complexity index is 611. The Labute approximate surface area is 128 Å². The van der Waals surface area contributed by atoms with Crippen LogP contribution in [0.15, 0.2) is 18.2 Å². The molecule has 0 saturated carbocycles. The van der Waals surface area contributed by atoms with Gasteiger partial charge in [-0.1, -0.05) is 18.5 Å². The zero-order valence-corrected chi connectivity index (χ0v) is 13.0. The summed E-state index contributed by atoms with van der Waals surface area (Å²) >= 11 is 12.1. The largest absolute Gasteiger partial charge is 0.378 e. The number of halogens is 2. The summed E-state index contributed by atoms with van der Waals surface area (Å²) in [5.41, 5.74) is 2.02. The molecule has 1 saturated heterocycles. The number of imidazole rings is 1. The van der Waals surface area contributed by atoms with Crippen LogP contribution in [-0.2, 0) is 17.2 Å². The van der Waals surface area contributed by atoms with Crippen LogP contribution < -0.4 is 0 Å². The van der Waals surface area contributed by atoms with E-state index in [2.05, 4.69) is 16.5 Å². The maximum atomic E-state index is 6.05. The summed E-state index contributed by atoms with van der Waals surface area (Å²) < 4.78 is 8.00. The van der Waals surface area contributed by atoms with Crippen LogP contribution in [0.1, 0.15) is 25.6 Å². The number of hydrogen-bond donors (Lipinski definition) is 0. The van der Waals surface area contributed by atoms with Gasteiger partial charge in [-0.3, -0.25) is 0 Å². The summed E-state index contributed by atoms with van der Waals surface area (Å²) in [7, 11) is 0. The Hall–Kier alpha value is -0.770. The predicted molar refractivity (Wildman–Crippen MR) is 82.4 cm³/mol. The van der Waals surface area contributed by atoms with E-state index in [1.54, 1.807) is 0 Å². The van der Waals surface area contributed by atoms with Gasteiger partial charge in [0, 0.05) is 24.1 Å². The lowest BCUT2D eigenvalue weighted by molar-refractivity contribution is 0.0836. The number of ether oxygens (including phenoxy) is 1. The molecule has 2 unspecified atom stereocenters. The lowest BCUT2D eigenvalue weighted by Crippen LogP contribution is -2.21. The Morgan fingerprint density at radius 2 is 2.30 bits per heavy atom. The molecule has 1 aliphatic rings. The minimum atomic E-state index is 0.350. The van der Waals surface area contributed by atoms with Gasteiger partial charge in [0.1, 0.15) is 5.82 Å². The molecule has 2 atom stereocenters. The van der Waals surface area contributed by atoms with E-state index in [0.717, 1.165) is 42.9 Å². The van der Waals surface area contributed by atoms with Crippen molar-refractivity contribution in [3.63, 3.8) is 0 Å². The minimum Gasteiger partial charge on any atom is -0.378 e. The molecule has 1 fully saturated rings. The second-order valence-electron chi connectivity index (χ2n) is 5.27. The fraction of sp³-hybridized carbons (Fsp3) is 0.533. The van der Waals surface area contributed by atoms with Gasteiger partial charge in [0.25, 0.3) is 0 Å². The van der Waals surface area contributed by atoms with Gasteiger partial charge in [0.15, 0.2) is 0 Å². The van der Waals surface area contributed by atoms with Gasteiger partial charge >= 0.3 is 0 Å². The van der Waals surface area contributed by atoms with Gasteiger partial charge in [0.05, 0.1) is 23.0 Å². The van der Waals surface area contributed by atoms with Crippen molar-refractivity contribution >= 4 is 34.2 Å². The molecule has 5 heteroatoms. The van der Waals surface area contributed by atoms with Crippen molar-refractivity contribution in [1.29, 1.82) is 0 Å². The van der Waals surface area contributed by atoms with Crippen LogP contribution in [0.2, 0.25) is 5.02 Å². The first-order valence-corrected chi connectivity index (χ1v) is 7.96. The molecule has 0 radical (unpaired) electrons. The quantitative estimate of drug-likeness (QED) is 0.789. The van der Waals surface area contributed by atoms with Crippen LogP contribution in [0.3, 0.4) is 0 Å². The van der Waals surface area contributed by atoms with Gasteiger partial charge < -0.3 is 9.30 Å². The fourth-order valence-electron chi connectivity index (χ4n) is 3.05. The summed E-state index contributed by atoms with van der Waals surface area (Å²) in [5, 5.41) is 0.707. The van der Waals surface area contributed by atoms with E-state index in [1.807, 2.05) is 18.2 Å². The molecule has 2 heterocycles. The highest BCUT2D eigenvalue weighted by molar-refractivity contribution is 6.31. The zero-order valence-electron chi connectivity index (χ0n) is 11.5. The van der Waals surface area contributed by atoms with Gasteiger partial charge in [0.2, 0.25) is 0 Å². The Morgan fingerprint density at radius 1 is 1.45 bits per heavy atom. The first kappa shape index (κ1) is 14.2. The van der Waals surface area contributed by atoms with E-state index < -0.39 is 0 Å². The smallest absolute Gasteiger partial charge is 0.124 e. The molecular weight excluding hydrogens is 295 g/mol. The van der Waals surface area contributed by atoms with Crippen molar-refractivity contribution < 1.29 is 4.74 Å². The molecule has 0 spiro atoms.